The Morgan fingerprint density at radius 1 is 1.12 bits per heavy atom. The number of nitrogens with zero attached hydrogens (tertiary/aromatic N) is 1. The fourth-order valence-electron chi connectivity index (χ4n) is 4.38. The number of thiophene rings is 1. The molecule has 1 aliphatic carbocycles. The minimum absolute atomic E-state index is 0.0674. The molecular weight excluding hydrogens is 456 g/mol. The zero-order valence-electron chi connectivity index (χ0n) is 19.1. The highest BCUT2D eigenvalue weighted by Gasteiger charge is 2.35. The van der Waals surface area contributed by atoms with Gasteiger partial charge in [0.25, 0.3) is 5.91 Å². The number of carbonyl (C=O) groups is 4. The van der Waals surface area contributed by atoms with Gasteiger partial charge in [-0.05, 0) is 43.7 Å². The van der Waals surface area contributed by atoms with Gasteiger partial charge in [0.05, 0.1) is 18.1 Å². The van der Waals surface area contributed by atoms with E-state index >= 15 is 0 Å². The van der Waals surface area contributed by atoms with Gasteiger partial charge in [-0.1, -0.05) is 30.3 Å². The van der Waals surface area contributed by atoms with Crippen LogP contribution in [0, 0.1) is 5.92 Å². The van der Waals surface area contributed by atoms with Crippen LogP contribution in [0.2, 0.25) is 0 Å². The molecule has 0 saturated carbocycles. The molecule has 1 atom stereocenters. The molecule has 0 radical (unpaired) electrons. The number of anilines is 1. The molecule has 1 unspecified atom stereocenters. The summed E-state index contributed by atoms with van der Waals surface area (Å²) in [5.41, 5.74) is 2.35. The van der Waals surface area contributed by atoms with Crippen molar-refractivity contribution in [2.24, 2.45) is 5.92 Å². The summed E-state index contributed by atoms with van der Waals surface area (Å²) in [6.45, 7) is 2.20. The van der Waals surface area contributed by atoms with Gasteiger partial charge in [-0.25, -0.2) is 4.79 Å². The quantitative estimate of drug-likeness (QED) is 0.577. The zero-order chi connectivity index (χ0) is 24.1. The first-order chi connectivity index (χ1) is 16.5. The van der Waals surface area contributed by atoms with Crippen molar-refractivity contribution in [1.29, 1.82) is 0 Å². The van der Waals surface area contributed by atoms with Crippen molar-refractivity contribution >= 4 is 40.1 Å². The molecule has 1 aromatic carbocycles. The summed E-state index contributed by atoms with van der Waals surface area (Å²) in [5.74, 6) is -2.26. The molecule has 1 saturated heterocycles. The van der Waals surface area contributed by atoms with Crippen LogP contribution in [-0.4, -0.2) is 48.4 Å². The number of likely N-dealkylation sites (tertiary alicyclic amines) is 1. The average Bonchev–Trinajstić information content (AvgIpc) is 3.38. The van der Waals surface area contributed by atoms with E-state index in [0.29, 0.717) is 17.1 Å². The van der Waals surface area contributed by atoms with E-state index in [0.717, 1.165) is 41.7 Å². The number of esters is 2. The van der Waals surface area contributed by atoms with E-state index in [1.54, 1.807) is 11.8 Å². The van der Waals surface area contributed by atoms with Crippen LogP contribution in [0.15, 0.2) is 30.3 Å². The van der Waals surface area contributed by atoms with E-state index < -0.39 is 30.4 Å². The largest absolute Gasteiger partial charge is 0.462 e. The number of aryl methyl sites for hydroxylation is 1. The van der Waals surface area contributed by atoms with E-state index in [2.05, 4.69) is 5.32 Å². The molecule has 1 aromatic heterocycles. The summed E-state index contributed by atoms with van der Waals surface area (Å²) in [6, 6.07) is 9.56. The molecule has 4 rings (SSSR count). The molecule has 1 aliphatic heterocycles. The first-order valence-corrected chi connectivity index (χ1v) is 12.4. The average molecular weight is 485 g/mol. The van der Waals surface area contributed by atoms with Gasteiger partial charge >= 0.3 is 11.9 Å². The van der Waals surface area contributed by atoms with E-state index in [4.69, 9.17) is 9.47 Å². The Labute approximate surface area is 202 Å². The predicted octanol–water partition coefficient (Wildman–Crippen LogP) is 3.33. The Morgan fingerprint density at radius 2 is 1.88 bits per heavy atom. The van der Waals surface area contributed by atoms with Gasteiger partial charge in [-0.3, -0.25) is 14.4 Å². The van der Waals surface area contributed by atoms with Gasteiger partial charge in [0.2, 0.25) is 5.91 Å². The molecule has 1 N–H and O–H groups in total. The van der Waals surface area contributed by atoms with Crippen LogP contribution in [0.3, 0.4) is 0 Å². The molecule has 34 heavy (non-hydrogen) atoms. The normalized spacial score (nSPS) is 17.3. The molecule has 2 heterocycles. The fraction of sp³-hybridized carbons (Fsp3) is 0.440. The number of benzene rings is 1. The molecule has 1 fully saturated rings. The van der Waals surface area contributed by atoms with Gasteiger partial charge in [0.15, 0.2) is 6.61 Å². The lowest BCUT2D eigenvalue weighted by molar-refractivity contribution is -0.151. The second-order valence-electron chi connectivity index (χ2n) is 8.45. The third-order valence-corrected chi connectivity index (χ3v) is 7.22. The van der Waals surface area contributed by atoms with E-state index in [-0.39, 0.29) is 25.5 Å². The first-order valence-electron chi connectivity index (χ1n) is 11.6. The standard InChI is InChI=1S/C25H28N2O6S/c1-2-32-25(31)22-18-10-6-7-11-19(18)34-23(22)26-20(28)15-33-24(30)17-12-21(29)27(14-17)13-16-8-4-3-5-9-16/h3-5,8-9,17H,2,6-7,10-15H2,1H3,(H,26,28). The lowest BCUT2D eigenvalue weighted by Gasteiger charge is -2.16. The number of ether oxygens (including phenoxy) is 2. The molecule has 0 bridgehead atoms. The maximum absolute atomic E-state index is 12.5. The molecule has 2 aliphatic rings. The van der Waals surface area contributed by atoms with Crippen LogP contribution in [-0.2, 0) is 43.2 Å². The number of hydrogen-bond donors (Lipinski definition) is 1. The summed E-state index contributed by atoms with van der Waals surface area (Å²) < 4.78 is 10.4. The third kappa shape index (κ3) is 5.47. The molecule has 9 heteroatoms. The summed E-state index contributed by atoms with van der Waals surface area (Å²) in [7, 11) is 0. The van der Waals surface area contributed by atoms with Gasteiger partial charge in [-0.15, -0.1) is 11.3 Å². The molecule has 8 nitrogen and oxygen atoms in total. The maximum atomic E-state index is 12.5. The van der Waals surface area contributed by atoms with E-state index in [1.807, 2.05) is 30.3 Å². The number of rotatable bonds is 8. The van der Waals surface area contributed by atoms with Gasteiger partial charge in [0.1, 0.15) is 5.00 Å². The van der Waals surface area contributed by atoms with Crippen molar-refractivity contribution in [3.05, 3.63) is 51.9 Å². The van der Waals surface area contributed by atoms with Crippen molar-refractivity contribution in [1.82, 2.24) is 4.90 Å². The predicted molar refractivity (Wildman–Crippen MR) is 126 cm³/mol. The smallest absolute Gasteiger partial charge is 0.341 e. The first kappa shape index (κ1) is 23.9. The van der Waals surface area contributed by atoms with Gasteiger partial charge < -0.3 is 19.7 Å². The number of carbonyl (C=O) groups excluding carboxylic acids is 4. The Morgan fingerprint density at radius 3 is 2.65 bits per heavy atom. The molecular formula is C25H28N2O6S. The highest BCUT2D eigenvalue weighted by molar-refractivity contribution is 7.17. The zero-order valence-corrected chi connectivity index (χ0v) is 19.9. The van der Waals surface area contributed by atoms with Crippen LogP contribution in [0.5, 0.6) is 0 Å². The summed E-state index contributed by atoms with van der Waals surface area (Å²) in [4.78, 5) is 52.6. The second-order valence-corrected chi connectivity index (χ2v) is 9.56. The van der Waals surface area contributed by atoms with Crippen molar-refractivity contribution in [3.8, 4) is 0 Å². The van der Waals surface area contributed by atoms with Crippen molar-refractivity contribution in [2.75, 3.05) is 25.1 Å². The van der Waals surface area contributed by atoms with Crippen molar-refractivity contribution in [3.63, 3.8) is 0 Å². The molecule has 0 spiro atoms. The van der Waals surface area contributed by atoms with Crippen LogP contribution in [0.4, 0.5) is 5.00 Å². The minimum atomic E-state index is -0.604. The number of hydrogen-bond acceptors (Lipinski definition) is 7. The topological polar surface area (TPSA) is 102 Å². The highest BCUT2D eigenvalue weighted by Crippen LogP contribution is 2.38. The summed E-state index contributed by atoms with van der Waals surface area (Å²) in [6.07, 6.45) is 3.75. The van der Waals surface area contributed by atoms with Crippen LogP contribution >= 0.6 is 11.3 Å². The summed E-state index contributed by atoms with van der Waals surface area (Å²) >= 11 is 1.38. The Balaban J connectivity index is 1.33. The number of nitrogens with one attached hydrogen (secondary N) is 1. The minimum Gasteiger partial charge on any atom is -0.462 e. The fourth-order valence-corrected chi connectivity index (χ4v) is 5.67. The maximum Gasteiger partial charge on any atom is 0.341 e. The highest BCUT2D eigenvalue weighted by atomic mass is 32.1. The van der Waals surface area contributed by atoms with Crippen LogP contribution in [0.25, 0.3) is 0 Å². The monoisotopic (exact) mass is 484 g/mol. The van der Waals surface area contributed by atoms with E-state index in [1.165, 1.54) is 11.3 Å². The van der Waals surface area contributed by atoms with Crippen molar-refractivity contribution in [2.45, 2.75) is 45.6 Å². The second kappa shape index (κ2) is 10.8. The number of fused-ring (bicyclic) bond motifs is 1. The van der Waals surface area contributed by atoms with Gasteiger partial charge in [0, 0.05) is 24.4 Å². The van der Waals surface area contributed by atoms with E-state index in [9.17, 15) is 19.2 Å². The van der Waals surface area contributed by atoms with Crippen LogP contribution in [0.1, 0.15) is 52.5 Å². The number of amides is 2. The SMILES string of the molecule is CCOC(=O)c1c(NC(=O)COC(=O)C2CC(=O)N(Cc3ccccc3)C2)sc2c1CCCC2. The lowest BCUT2D eigenvalue weighted by atomic mass is 9.95. The lowest BCUT2D eigenvalue weighted by Crippen LogP contribution is -2.28. The molecule has 2 amide bonds. The third-order valence-electron chi connectivity index (χ3n) is 6.01. The molecule has 180 valence electrons. The Bertz CT molecular complexity index is 1080. The molecule has 2 aromatic rings. The Hall–Kier alpha value is -3.20. The van der Waals surface area contributed by atoms with Gasteiger partial charge in [-0.2, -0.15) is 0 Å². The van der Waals surface area contributed by atoms with Crippen molar-refractivity contribution < 1.29 is 28.7 Å². The van der Waals surface area contributed by atoms with Crippen LogP contribution < -0.4 is 5.32 Å². The summed E-state index contributed by atoms with van der Waals surface area (Å²) in [5, 5.41) is 3.17. The Kier molecular flexibility index (Phi) is 7.62.